The van der Waals surface area contributed by atoms with Gasteiger partial charge in [-0.15, -0.1) is 0 Å². The topological polar surface area (TPSA) is 97.6 Å². The molecule has 0 fully saturated rings. The first-order valence-electron chi connectivity index (χ1n) is 6.85. The van der Waals surface area contributed by atoms with Crippen LogP contribution in [0.2, 0.25) is 0 Å². The largest absolute Gasteiger partial charge is 0.492 e. The molecule has 0 saturated heterocycles. The summed E-state index contributed by atoms with van der Waals surface area (Å²) in [4.78, 5) is 0. The second kappa shape index (κ2) is 7.36. The molecule has 0 bridgehead atoms. The Bertz CT molecular complexity index is 829. The van der Waals surface area contributed by atoms with Crippen molar-refractivity contribution >= 4 is 5.69 Å². The Labute approximate surface area is 134 Å². The molecule has 112 valence electrons. The molecule has 0 aliphatic heterocycles. The number of hydrogen-bond donors (Lipinski definition) is 1. The number of ether oxygens (including phenoxy) is 1. The SMILES string of the molecule is CCOc1ccc(NC(C#N)=C(C#N)C#N)cc1-n1cccc1. The van der Waals surface area contributed by atoms with Crippen molar-refractivity contribution in [3.05, 3.63) is 54.0 Å². The third-order valence-electron chi connectivity index (χ3n) is 3.00. The van der Waals surface area contributed by atoms with Crippen LogP contribution >= 0.6 is 0 Å². The van der Waals surface area contributed by atoms with Gasteiger partial charge in [0.2, 0.25) is 0 Å². The van der Waals surface area contributed by atoms with Gasteiger partial charge < -0.3 is 14.6 Å². The molecule has 2 aromatic rings. The molecule has 0 unspecified atom stereocenters. The Hall–Kier alpha value is -3.69. The number of benzene rings is 1. The lowest BCUT2D eigenvalue weighted by atomic mass is 10.2. The second-order valence-electron chi connectivity index (χ2n) is 4.42. The van der Waals surface area contributed by atoms with Gasteiger partial charge in [0.25, 0.3) is 0 Å². The number of hydrogen-bond acceptors (Lipinski definition) is 5. The van der Waals surface area contributed by atoms with Gasteiger partial charge in [0.1, 0.15) is 29.7 Å². The molecule has 0 aliphatic rings. The summed E-state index contributed by atoms with van der Waals surface area (Å²) >= 11 is 0. The van der Waals surface area contributed by atoms with E-state index < -0.39 is 0 Å². The minimum atomic E-state index is -0.260. The molecule has 0 amide bonds. The summed E-state index contributed by atoms with van der Waals surface area (Å²) in [6.45, 7) is 2.42. The Kier molecular flexibility index (Phi) is 5.02. The number of nitriles is 3. The number of nitrogens with zero attached hydrogens (tertiary/aromatic N) is 4. The molecule has 1 aromatic heterocycles. The van der Waals surface area contributed by atoms with Crippen LogP contribution in [-0.2, 0) is 0 Å². The summed E-state index contributed by atoms with van der Waals surface area (Å²) in [6.07, 6.45) is 3.75. The number of aromatic nitrogens is 1. The quantitative estimate of drug-likeness (QED) is 0.856. The van der Waals surface area contributed by atoms with Crippen LogP contribution in [0.25, 0.3) is 5.69 Å². The first-order chi connectivity index (χ1) is 11.2. The molecule has 1 heterocycles. The van der Waals surface area contributed by atoms with Gasteiger partial charge in [-0.3, -0.25) is 0 Å². The lowest BCUT2D eigenvalue weighted by molar-refractivity contribution is 0.339. The molecule has 0 atom stereocenters. The van der Waals surface area contributed by atoms with E-state index >= 15 is 0 Å². The zero-order valence-electron chi connectivity index (χ0n) is 12.4. The van der Waals surface area contributed by atoms with E-state index in [1.807, 2.05) is 42.1 Å². The molecule has 6 nitrogen and oxygen atoms in total. The molecule has 0 aliphatic carbocycles. The van der Waals surface area contributed by atoms with Gasteiger partial charge >= 0.3 is 0 Å². The maximum Gasteiger partial charge on any atom is 0.163 e. The Morgan fingerprint density at radius 3 is 2.39 bits per heavy atom. The standard InChI is InChI=1S/C17H13N5O/c1-2-23-17-6-5-14(9-16(17)22-7-3-4-8-22)21-15(12-20)13(10-18)11-19/h3-9,21H,2H2,1H3. The Morgan fingerprint density at radius 2 is 1.83 bits per heavy atom. The summed E-state index contributed by atoms with van der Waals surface area (Å²) in [5, 5.41) is 29.7. The van der Waals surface area contributed by atoms with Crippen LogP contribution < -0.4 is 10.1 Å². The molecule has 1 N–H and O–H groups in total. The first kappa shape index (κ1) is 15.7. The molecule has 0 spiro atoms. The fourth-order valence-corrected chi connectivity index (χ4v) is 2.00. The Morgan fingerprint density at radius 1 is 1.13 bits per heavy atom. The minimum absolute atomic E-state index is 0.0855. The van der Waals surface area contributed by atoms with Crippen LogP contribution in [0.3, 0.4) is 0 Å². The van der Waals surface area contributed by atoms with E-state index in [4.69, 9.17) is 20.5 Å². The monoisotopic (exact) mass is 303 g/mol. The number of allylic oxidation sites excluding steroid dienone is 2. The van der Waals surface area contributed by atoms with Crippen LogP contribution in [0.1, 0.15) is 6.92 Å². The highest BCUT2D eigenvalue weighted by Crippen LogP contribution is 2.27. The van der Waals surface area contributed by atoms with E-state index in [9.17, 15) is 0 Å². The average molecular weight is 303 g/mol. The molecule has 0 radical (unpaired) electrons. The highest BCUT2D eigenvalue weighted by atomic mass is 16.5. The van der Waals surface area contributed by atoms with Gasteiger partial charge in [0.05, 0.1) is 12.3 Å². The van der Waals surface area contributed by atoms with Crippen molar-refractivity contribution in [2.24, 2.45) is 0 Å². The molecule has 0 saturated carbocycles. The number of anilines is 1. The molecule has 6 heteroatoms. The maximum absolute atomic E-state index is 9.11. The van der Waals surface area contributed by atoms with E-state index in [0.29, 0.717) is 18.0 Å². The highest BCUT2D eigenvalue weighted by Gasteiger charge is 2.10. The summed E-state index contributed by atoms with van der Waals surface area (Å²) in [5.74, 6) is 0.692. The van der Waals surface area contributed by atoms with E-state index in [-0.39, 0.29) is 11.3 Å². The summed E-state index contributed by atoms with van der Waals surface area (Å²) in [5.41, 5.74) is 1.02. The van der Waals surface area contributed by atoms with Crippen molar-refractivity contribution in [3.8, 4) is 29.6 Å². The molecular formula is C17H13N5O. The third kappa shape index (κ3) is 3.50. The summed E-state index contributed by atoms with van der Waals surface area (Å²) in [6, 6.07) is 14.3. The molecule has 23 heavy (non-hydrogen) atoms. The predicted molar refractivity (Wildman–Crippen MR) is 84.4 cm³/mol. The van der Waals surface area contributed by atoms with E-state index in [0.717, 1.165) is 5.69 Å². The van der Waals surface area contributed by atoms with Gasteiger partial charge in [-0.05, 0) is 37.3 Å². The van der Waals surface area contributed by atoms with E-state index in [2.05, 4.69) is 5.32 Å². The van der Waals surface area contributed by atoms with Crippen molar-refractivity contribution in [1.29, 1.82) is 15.8 Å². The average Bonchev–Trinajstić information content (AvgIpc) is 3.10. The number of rotatable bonds is 5. The lowest BCUT2D eigenvalue weighted by Gasteiger charge is -2.14. The zero-order valence-corrected chi connectivity index (χ0v) is 12.4. The van der Waals surface area contributed by atoms with Crippen LogP contribution in [0.5, 0.6) is 5.75 Å². The Balaban J connectivity index is 2.45. The van der Waals surface area contributed by atoms with Crippen molar-refractivity contribution < 1.29 is 4.74 Å². The lowest BCUT2D eigenvalue weighted by Crippen LogP contribution is -2.03. The fourth-order valence-electron chi connectivity index (χ4n) is 2.00. The molecule has 1 aromatic carbocycles. The smallest absolute Gasteiger partial charge is 0.163 e. The second-order valence-corrected chi connectivity index (χ2v) is 4.42. The zero-order chi connectivity index (χ0) is 16.7. The normalized spacial score (nSPS) is 9.13. The van der Waals surface area contributed by atoms with Gasteiger partial charge in [-0.25, -0.2) is 0 Å². The number of nitrogens with one attached hydrogen (secondary N) is 1. The molecular weight excluding hydrogens is 290 g/mol. The van der Waals surface area contributed by atoms with Crippen molar-refractivity contribution in [3.63, 3.8) is 0 Å². The molecule has 2 rings (SSSR count). The van der Waals surface area contributed by atoms with Gasteiger partial charge in [-0.2, -0.15) is 15.8 Å². The fraction of sp³-hybridized carbons (Fsp3) is 0.118. The van der Waals surface area contributed by atoms with Gasteiger partial charge in [0, 0.05) is 18.1 Å². The van der Waals surface area contributed by atoms with Crippen molar-refractivity contribution in [2.45, 2.75) is 6.92 Å². The van der Waals surface area contributed by atoms with Gasteiger partial charge in [-0.1, -0.05) is 0 Å². The van der Waals surface area contributed by atoms with E-state index in [1.54, 1.807) is 30.3 Å². The highest BCUT2D eigenvalue weighted by molar-refractivity contribution is 5.64. The van der Waals surface area contributed by atoms with Crippen LogP contribution in [-0.4, -0.2) is 11.2 Å². The minimum Gasteiger partial charge on any atom is -0.492 e. The summed E-state index contributed by atoms with van der Waals surface area (Å²) in [7, 11) is 0. The summed E-state index contributed by atoms with van der Waals surface area (Å²) < 4.78 is 7.48. The first-order valence-corrected chi connectivity index (χ1v) is 6.85. The van der Waals surface area contributed by atoms with Crippen LogP contribution in [0.15, 0.2) is 54.0 Å². The van der Waals surface area contributed by atoms with Crippen LogP contribution in [0.4, 0.5) is 5.69 Å². The third-order valence-corrected chi connectivity index (χ3v) is 3.00. The van der Waals surface area contributed by atoms with E-state index in [1.165, 1.54) is 0 Å². The van der Waals surface area contributed by atoms with Crippen molar-refractivity contribution in [2.75, 3.05) is 11.9 Å². The predicted octanol–water partition coefficient (Wildman–Crippen LogP) is 3.11. The van der Waals surface area contributed by atoms with Crippen LogP contribution in [0, 0.1) is 34.0 Å². The van der Waals surface area contributed by atoms with Gasteiger partial charge in [0.15, 0.2) is 5.57 Å². The maximum atomic E-state index is 9.11. The van der Waals surface area contributed by atoms with Crippen molar-refractivity contribution in [1.82, 2.24) is 4.57 Å².